The minimum absolute atomic E-state index is 0.435. The third-order valence-electron chi connectivity index (χ3n) is 1.57. The van der Waals surface area contributed by atoms with Crippen molar-refractivity contribution in [2.75, 3.05) is 0 Å². The third-order valence-corrected chi connectivity index (χ3v) is 1.57. The van der Waals surface area contributed by atoms with Gasteiger partial charge in [-0.1, -0.05) is 52.0 Å². The Morgan fingerprint density at radius 2 is 1.50 bits per heavy atom. The molecule has 0 rings (SSSR count). The molecule has 0 radical (unpaired) electrons. The van der Waals surface area contributed by atoms with Gasteiger partial charge in [0.2, 0.25) is 0 Å². The Hall–Kier alpha value is -0.520. The zero-order valence-electron chi connectivity index (χ0n) is 8.93. The number of allylic oxidation sites excluding steroid dienone is 4. The van der Waals surface area contributed by atoms with Gasteiger partial charge in [0.1, 0.15) is 0 Å². The van der Waals surface area contributed by atoms with Crippen LogP contribution < -0.4 is 0 Å². The van der Waals surface area contributed by atoms with Crippen molar-refractivity contribution >= 4 is 0 Å². The molecule has 0 aliphatic rings. The van der Waals surface area contributed by atoms with Crippen molar-refractivity contribution in [3.63, 3.8) is 0 Å². The van der Waals surface area contributed by atoms with E-state index >= 15 is 0 Å². The van der Waals surface area contributed by atoms with Crippen LogP contribution in [0.2, 0.25) is 0 Å². The first-order valence-electron chi connectivity index (χ1n) is 4.86. The van der Waals surface area contributed by atoms with Crippen LogP contribution in [0.4, 0.5) is 0 Å². The van der Waals surface area contributed by atoms with Crippen LogP contribution in [0, 0.1) is 5.41 Å². The van der Waals surface area contributed by atoms with E-state index in [1.165, 1.54) is 6.42 Å². The van der Waals surface area contributed by atoms with Gasteiger partial charge < -0.3 is 0 Å². The molecule has 0 heterocycles. The van der Waals surface area contributed by atoms with Gasteiger partial charge >= 0.3 is 0 Å². The zero-order chi connectivity index (χ0) is 9.45. The molecule has 0 spiro atoms. The fourth-order valence-electron chi connectivity index (χ4n) is 0.875. The van der Waals surface area contributed by atoms with Gasteiger partial charge in [-0.2, -0.15) is 0 Å². The lowest BCUT2D eigenvalue weighted by atomic mass is 9.92. The first kappa shape index (κ1) is 11.5. The second-order valence-electron chi connectivity index (χ2n) is 4.35. The maximum atomic E-state index is 2.28. The molecular formula is C12H22. The van der Waals surface area contributed by atoms with Gasteiger partial charge in [-0.15, -0.1) is 0 Å². The van der Waals surface area contributed by atoms with Crippen molar-refractivity contribution in [1.82, 2.24) is 0 Å². The monoisotopic (exact) mass is 166 g/mol. The predicted octanol–water partition coefficient (Wildman–Crippen LogP) is 4.34. The van der Waals surface area contributed by atoms with Gasteiger partial charge in [-0.3, -0.25) is 0 Å². The van der Waals surface area contributed by atoms with Crippen molar-refractivity contribution in [3.8, 4) is 0 Å². The van der Waals surface area contributed by atoms with Crippen LogP contribution in [0.1, 0.15) is 47.0 Å². The molecule has 0 N–H and O–H groups in total. The van der Waals surface area contributed by atoms with Gasteiger partial charge in [-0.05, 0) is 24.7 Å². The lowest BCUT2D eigenvalue weighted by Crippen LogP contribution is -2.01. The molecular weight excluding hydrogens is 144 g/mol. The first-order chi connectivity index (χ1) is 5.56. The van der Waals surface area contributed by atoms with Crippen LogP contribution in [0.25, 0.3) is 0 Å². The van der Waals surface area contributed by atoms with Crippen molar-refractivity contribution in [1.29, 1.82) is 0 Å². The summed E-state index contributed by atoms with van der Waals surface area (Å²) in [5.41, 5.74) is 0.435. The lowest BCUT2D eigenvalue weighted by Gasteiger charge is -2.14. The Morgan fingerprint density at radius 1 is 0.917 bits per heavy atom. The van der Waals surface area contributed by atoms with Gasteiger partial charge in [-0.25, -0.2) is 0 Å². The minimum Gasteiger partial charge on any atom is -0.0885 e. The Morgan fingerprint density at radius 3 is 2.00 bits per heavy atom. The summed E-state index contributed by atoms with van der Waals surface area (Å²) in [5.74, 6) is 0. The zero-order valence-corrected chi connectivity index (χ0v) is 8.93. The van der Waals surface area contributed by atoms with Crippen LogP contribution in [0.5, 0.6) is 0 Å². The average molecular weight is 166 g/mol. The summed E-state index contributed by atoms with van der Waals surface area (Å²) in [4.78, 5) is 0. The smallest absolute Gasteiger partial charge is 0.0169 e. The van der Waals surface area contributed by atoms with Gasteiger partial charge in [0, 0.05) is 0 Å². The summed E-state index contributed by atoms with van der Waals surface area (Å²) < 4.78 is 0. The fraction of sp³-hybridized carbons (Fsp3) is 0.667. The Labute approximate surface area is 77.4 Å². The fourth-order valence-corrected chi connectivity index (χ4v) is 0.875. The van der Waals surface area contributed by atoms with Crippen molar-refractivity contribution in [3.05, 3.63) is 24.3 Å². The highest BCUT2D eigenvalue weighted by Crippen LogP contribution is 2.18. The first-order valence-corrected chi connectivity index (χ1v) is 4.86. The van der Waals surface area contributed by atoms with Crippen LogP contribution in [0.15, 0.2) is 24.3 Å². The molecule has 0 bridgehead atoms. The lowest BCUT2D eigenvalue weighted by molar-refractivity contribution is 0.420. The summed E-state index contributed by atoms with van der Waals surface area (Å²) in [7, 11) is 0. The summed E-state index contributed by atoms with van der Waals surface area (Å²) in [6.45, 7) is 8.95. The molecule has 0 aliphatic carbocycles. The van der Waals surface area contributed by atoms with Crippen molar-refractivity contribution in [2.24, 2.45) is 5.41 Å². The Bertz CT molecular complexity index is 144. The second kappa shape index (κ2) is 6.05. The van der Waals surface area contributed by atoms with E-state index in [0.717, 1.165) is 12.8 Å². The summed E-state index contributed by atoms with van der Waals surface area (Å²) in [5, 5.41) is 0. The van der Waals surface area contributed by atoms with E-state index in [1.807, 2.05) is 0 Å². The van der Waals surface area contributed by atoms with Gasteiger partial charge in [0.25, 0.3) is 0 Å². The topological polar surface area (TPSA) is 0 Å². The Kier molecular flexibility index (Phi) is 5.79. The van der Waals surface area contributed by atoms with Crippen LogP contribution in [-0.2, 0) is 0 Å². The molecule has 0 unspecified atom stereocenters. The van der Waals surface area contributed by atoms with E-state index in [4.69, 9.17) is 0 Å². The summed E-state index contributed by atoms with van der Waals surface area (Å²) >= 11 is 0. The second-order valence-corrected chi connectivity index (χ2v) is 4.35. The highest BCUT2D eigenvalue weighted by molar-refractivity contribution is 4.93. The summed E-state index contributed by atoms with van der Waals surface area (Å²) in [6.07, 6.45) is 12.4. The molecule has 0 fully saturated rings. The van der Waals surface area contributed by atoms with Gasteiger partial charge in [0.05, 0.1) is 0 Å². The van der Waals surface area contributed by atoms with Crippen molar-refractivity contribution in [2.45, 2.75) is 47.0 Å². The highest BCUT2D eigenvalue weighted by Gasteiger charge is 2.05. The van der Waals surface area contributed by atoms with E-state index in [-0.39, 0.29) is 0 Å². The number of hydrogen-bond acceptors (Lipinski definition) is 0. The molecule has 0 amide bonds. The molecule has 0 saturated heterocycles. The maximum Gasteiger partial charge on any atom is -0.0169 e. The number of rotatable bonds is 4. The van der Waals surface area contributed by atoms with E-state index in [1.54, 1.807) is 0 Å². The number of hydrogen-bond donors (Lipinski definition) is 0. The molecule has 0 aromatic rings. The quantitative estimate of drug-likeness (QED) is 0.545. The molecule has 0 atom stereocenters. The molecule has 0 aliphatic heterocycles. The molecule has 0 aromatic carbocycles. The standard InChI is InChI=1S/C12H22/c1-5-6-7-8-9-10-11-12(2,3)4/h6-7,9-10H,5,8,11H2,1-4H3/b7-6-,10-9-. The van der Waals surface area contributed by atoms with Crippen LogP contribution in [0.3, 0.4) is 0 Å². The largest absolute Gasteiger partial charge is 0.0885 e. The predicted molar refractivity (Wildman–Crippen MR) is 57.3 cm³/mol. The molecule has 12 heavy (non-hydrogen) atoms. The average Bonchev–Trinajstić information content (AvgIpc) is 1.94. The van der Waals surface area contributed by atoms with E-state index in [0.29, 0.717) is 5.41 Å². The van der Waals surface area contributed by atoms with E-state index < -0.39 is 0 Å². The normalized spacial score (nSPS) is 13.3. The Balaban J connectivity index is 3.44. The van der Waals surface area contributed by atoms with E-state index in [9.17, 15) is 0 Å². The minimum atomic E-state index is 0.435. The van der Waals surface area contributed by atoms with E-state index in [2.05, 4.69) is 52.0 Å². The SMILES string of the molecule is CC/C=C\C/C=C\CC(C)(C)C. The van der Waals surface area contributed by atoms with Crippen molar-refractivity contribution < 1.29 is 0 Å². The third kappa shape index (κ3) is 9.48. The molecule has 0 nitrogen and oxygen atoms in total. The van der Waals surface area contributed by atoms with Gasteiger partial charge in [0.15, 0.2) is 0 Å². The molecule has 70 valence electrons. The highest BCUT2D eigenvalue weighted by atomic mass is 14.1. The molecule has 0 heteroatoms. The van der Waals surface area contributed by atoms with Crippen LogP contribution >= 0.6 is 0 Å². The summed E-state index contributed by atoms with van der Waals surface area (Å²) in [6, 6.07) is 0. The molecule has 0 saturated carbocycles. The maximum absolute atomic E-state index is 2.28. The van der Waals surface area contributed by atoms with Crippen LogP contribution in [-0.4, -0.2) is 0 Å². The molecule has 0 aromatic heterocycles.